The van der Waals surface area contributed by atoms with Crippen LogP contribution in [0, 0.1) is 0 Å². The minimum atomic E-state index is -0.428. The van der Waals surface area contributed by atoms with E-state index in [-0.39, 0.29) is 45.7 Å². The summed E-state index contributed by atoms with van der Waals surface area (Å²) in [5.41, 5.74) is 7.72. The van der Waals surface area contributed by atoms with Crippen LogP contribution >= 0.6 is 0 Å². The van der Waals surface area contributed by atoms with Crippen molar-refractivity contribution in [1.29, 1.82) is 0 Å². The fourth-order valence-electron chi connectivity index (χ4n) is 6.96. The number of benzene rings is 8. The topological polar surface area (TPSA) is 26.3 Å². The molecular formula is C46H28O2. The first-order chi connectivity index (χ1) is 27.1. The standard InChI is InChI=1S/C46H28O2/c1-3-11-30(12-4-1)41-28-47-42-27-44-39(26-40(41)42)34-24-23-33(25-43(34)48-44)29-19-21-32(22-20-29)46-37-17-9-7-15-35(37)45(31-13-5-2-6-14-31)36-16-8-10-18-38(36)46/h1-28H/i7D,8D,9D,10D,15D,16D,17D,18D. The van der Waals surface area contributed by atoms with E-state index in [1.165, 1.54) is 0 Å². The maximum Gasteiger partial charge on any atom is 0.139 e. The third-order valence-electron chi connectivity index (χ3n) is 9.20. The van der Waals surface area contributed by atoms with Crippen LogP contribution in [0.4, 0.5) is 0 Å². The zero-order valence-electron chi connectivity index (χ0n) is 33.4. The van der Waals surface area contributed by atoms with Gasteiger partial charge in [-0.15, -0.1) is 0 Å². The first-order valence-electron chi connectivity index (χ1n) is 19.7. The number of furan rings is 2. The van der Waals surface area contributed by atoms with Crippen molar-refractivity contribution >= 4 is 54.5 Å². The molecule has 0 aliphatic heterocycles. The lowest BCUT2D eigenvalue weighted by Gasteiger charge is -2.18. The number of rotatable bonds is 4. The summed E-state index contributed by atoms with van der Waals surface area (Å²) in [7, 11) is 0. The van der Waals surface area contributed by atoms with Crippen LogP contribution in [0.3, 0.4) is 0 Å². The average molecular weight is 621 g/mol. The van der Waals surface area contributed by atoms with Crippen LogP contribution < -0.4 is 0 Å². The van der Waals surface area contributed by atoms with E-state index in [0.717, 1.165) is 44.0 Å². The van der Waals surface area contributed by atoms with Gasteiger partial charge in [0, 0.05) is 27.8 Å². The van der Waals surface area contributed by atoms with Crippen molar-refractivity contribution in [2.24, 2.45) is 0 Å². The third kappa shape index (κ3) is 4.13. The van der Waals surface area contributed by atoms with Gasteiger partial charge in [0.2, 0.25) is 0 Å². The molecule has 0 bridgehead atoms. The monoisotopic (exact) mass is 620 g/mol. The Balaban J connectivity index is 1.17. The van der Waals surface area contributed by atoms with E-state index < -0.39 is 24.2 Å². The number of hydrogen-bond acceptors (Lipinski definition) is 2. The molecule has 8 aromatic carbocycles. The molecule has 0 atom stereocenters. The van der Waals surface area contributed by atoms with Crippen molar-refractivity contribution in [3.05, 3.63) is 170 Å². The number of hydrogen-bond donors (Lipinski definition) is 0. The summed E-state index contributed by atoms with van der Waals surface area (Å²) in [6.45, 7) is 0. The Kier molecular flexibility index (Phi) is 4.41. The van der Waals surface area contributed by atoms with Crippen LogP contribution in [0.5, 0.6) is 0 Å². The number of fused-ring (bicyclic) bond motifs is 6. The molecule has 2 heterocycles. The molecule has 0 aliphatic carbocycles. The van der Waals surface area contributed by atoms with Crippen LogP contribution in [-0.4, -0.2) is 0 Å². The van der Waals surface area contributed by atoms with E-state index in [4.69, 9.17) is 19.8 Å². The van der Waals surface area contributed by atoms with Gasteiger partial charge in [-0.05, 0) is 78.7 Å². The minimum Gasteiger partial charge on any atom is -0.464 e. The minimum absolute atomic E-state index is 0.185. The van der Waals surface area contributed by atoms with Gasteiger partial charge in [0.15, 0.2) is 0 Å². The van der Waals surface area contributed by atoms with Gasteiger partial charge in [-0.1, -0.05) is 139 Å². The van der Waals surface area contributed by atoms with E-state index in [2.05, 4.69) is 18.2 Å². The molecule has 0 saturated heterocycles. The molecule has 10 rings (SSSR count). The Morgan fingerprint density at radius 2 is 0.896 bits per heavy atom. The SMILES string of the molecule is [2H]c1c([2H])c([2H])c2c(-c3ccc(-c4ccc5c(c4)oc4cc6occ(-c7ccccc7)c6cc45)cc3)c3c([2H])c([2H])c([2H])c([2H])c3c(-c3ccccc3)c2c1[2H]. The highest BCUT2D eigenvalue weighted by Gasteiger charge is 2.17. The molecule has 0 unspecified atom stereocenters. The largest absolute Gasteiger partial charge is 0.464 e. The molecule has 48 heavy (non-hydrogen) atoms. The smallest absolute Gasteiger partial charge is 0.139 e. The van der Waals surface area contributed by atoms with Gasteiger partial charge in [-0.2, -0.15) is 0 Å². The second kappa shape index (κ2) is 10.6. The third-order valence-corrected chi connectivity index (χ3v) is 9.20. The lowest BCUT2D eigenvalue weighted by Crippen LogP contribution is -1.90. The van der Waals surface area contributed by atoms with Crippen molar-refractivity contribution in [3.8, 4) is 44.5 Å². The summed E-state index contributed by atoms with van der Waals surface area (Å²) in [5, 5.41) is 3.68. The van der Waals surface area contributed by atoms with Crippen LogP contribution in [0.1, 0.15) is 11.0 Å². The fourth-order valence-corrected chi connectivity index (χ4v) is 6.96. The molecule has 0 spiro atoms. The summed E-state index contributed by atoms with van der Waals surface area (Å²) >= 11 is 0. The molecule has 224 valence electrons. The molecule has 0 radical (unpaired) electrons. The molecule has 0 saturated carbocycles. The van der Waals surface area contributed by atoms with Gasteiger partial charge in [0.1, 0.15) is 16.7 Å². The quantitative estimate of drug-likeness (QED) is 0.183. The Hall–Kier alpha value is -6.38. The van der Waals surface area contributed by atoms with Gasteiger partial charge in [-0.25, -0.2) is 0 Å². The molecule has 0 amide bonds. The highest BCUT2D eigenvalue weighted by atomic mass is 16.3. The summed E-state index contributed by atoms with van der Waals surface area (Å²) in [5.74, 6) is 0. The van der Waals surface area contributed by atoms with Crippen LogP contribution in [0.25, 0.3) is 99.0 Å². The Labute approximate surface area is 288 Å². The van der Waals surface area contributed by atoms with Crippen molar-refractivity contribution in [1.82, 2.24) is 0 Å². The predicted octanol–water partition coefficient (Wildman–Crippen LogP) is 13.3. The molecule has 2 heteroatoms. The van der Waals surface area contributed by atoms with Gasteiger partial charge in [0.05, 0.1) is 17.2 Å². The van der Waals surface area contributed by atoms with Crippen molar-refractivity contribution in [3.63, 3.8) is 0 Å². The Bertz CT molecular complexity index is 3180. The summed E-state index contributed by atoms with van der Waals surface area (Å²) < 4.78 is 83.4. The lowest BCUT2D eigenvalue weighted by molar-refractivity contribution is 0.614. The van der Waals surface area contributed by atoms with Crippen molar-refractivity contribution in [2.75, 3.05) is 0 Å². The first-order valence-corrected chi connectivity index (χ1v) is 15.7. The van der Waals surface area contributed by atoms with Crippen LogP contribution in [-0.2, 0) is 0 Å². The Morgan fingerprint density at radius 1 is 0.375 bits per heavy atom. The maximum absolute atomic E-state index is 9.16. The second-order valence-electron chi connectivity index (χ2n) is 11.9. The average Bonchev–Trinajstić information content (AvgIpc) is 3.82. The summed E-state index contributed by atoms with van der Waals surface area (Å²) in [6.07, 6.45) is 1.77. The highest BCUT2D eigenvalue weighted by molar-refractivity contribution is 6.21. The van der Waals surface area contributed by atoms with Crippen molar-refractivity contribution in [2.45, 2.75) is 0 Å². The lowest BCUT2D eigenvalue weighted by atomic mass is 9.86. The fraction of sp³-hybridized carbons (Fsp3) is 0. The van der Waals surface area contributed by atoms with E-state index in [1.807, 2.05) is 72.8 Å². The Morgan fingerprint density at radius 3 is 1.52 bits per heavy atom. The van der Waals surface area contributed by atoms with Crippen LogP contribution in [0.2, 0.25) is 0 Å². The first kappa shape index (κ1) is 20.0. The molecule has 0 fully saturated rings. The highest BCUT2D eigenvalue weighted by Crippen LogP contribution is 2.44. The van der Waals surface area contributed by atoms with Gasteiger partial charge in [0.25, 0.3) is 0 Å². The molecule has 2 nitrogen and oxygen atoms in total. The zero-order valence-corrected chi connectivity index (χ0v) is 25.4. The van der Waals surface area contributed by atoms with Gasteiger partial charge in [-0.3, -0.25) is 0 Å². The molecule has 0 aliphatic rings. The van der Waals surface area contributed by atoms with E-state index in [0.29, 0.717) is 33.4 Å². The molecule has 2 aromatic heterocycles. The van der Waals surface area contributed by atoms with Gasteiger partial charge < -0.3 is 8.83 Å². The van der Waals surface area contributed by atoms with E-state index >= 15 is 0 Å². The second-order valence-corrected chi connectivity index (χ2v) is 11.9. The zero-order chi connectivity index (χ0) is 38.6. The van der Waals surface area contributed by atoms with E-state index in [1.54, 1.807) is 30.5 Å². The molecule has 0 N–H and O–H groups in total. The van der Waals surface area contributed by atoms with Crippen molar-refractivity contribution < 1.29 is 19.8 Å². The van der Waals surface area contributed by atoms with Gasteiger partial charge >= 0.3 is 0 Å². The molecular weight excluding hydrogens is 585 g/mol. The predicted molar refractivity (Wildman–Crippen MR) is 200 cm³/mol. The van der Waals surface area contributed by atoms with Crippen LogP contribution in [0.15, 0.2) is 179 Å². The maximum atomic E-state index is 9.16. The summed E-state index contributed by atoms with van der Waals surface area (Å²) in [6, 6.07) is 33.8. The van der Waals surface area contributed by atoms with E-state index in [9.17, 15) is 0 Å². The molecule has 10 aromatic rings. The normalized spacial score (nSPS) is 14.1. The summed E-state index contributed by atoms with van der Waals surface area (Å²) in [4.78, 5) is 0.